The van der Waals surface area contributed by atoms with Crippen molar-refractivity contribution in [2.45, 2.75) is 13.0 Å². The molecule has 2 N–H and O–H groups in total. The lowest BCUT2D eigenvalue weighted by atomic mass is 10.3. The first-order chi connectivity index (χ1) is 9.06. The number of aryl methyl sites for hydroxylation is 1. The second-order valence-corrected chi connectivity index (χ2v) is 5.18. The van der Waals surface area contributed by atoms with E-state index >= 15 is 0 Å². The van der Waals surface area contributed by atoms with Crippen LogP contribution < -0.4 is 16.2 Å². The van der Waals surface area contributed by atoms with Crippen molar-refractivity contribution in [1.82, 2.24) is 9.88 Å². The second-order valence-electron chi connectivity index (χ2n) is 4.20. The van der Waals surface area contributed by atoms with Gasteiger partial charge >= 0.3 is 6.03 Å². The zero-order valence-electron chi connectivity index (χ0n) is 10.7. The average molecular weight is 277 g/mol. The van der Waals surface area contributed by atoms with Gasteiger partial charge in [0.05, 0.1) is 11.7 Å². The highest BCUT2D eigenvalue weighted by Gasteiger charge is 2.10. The van der Waals surface area contributed by atoms with E-state index in [1.165, 1.54) is 10.6 Å². The molecule has 0 radical (unpaired) electrons. The quantitative estimate of drug-likeness (QED) is 0.904. The average Bonchev–Trinajstić information content (AvgIpc) is 2.87. The molecular weight excluding hydrogens is 262 g/mol. The molecule has 2 heterocycles. The summed E-state index contributed by atoms with van der Waals surface area (Å²) < 4.78 is 1.41. The summed E-state index contributed by atoms with van der Waals surface area (Å²) in [5, 5.41) is 7.51. The molecule has 0 saturated carbocycles. The highest BCUT2D eigenvalue weighted by atomic mass is 32.1. The van der Waals surface area contributed by atoms with Gasteiger partial charge in [0.1, 0.15) is 0 Å². The number of urea groups is 1. The summed E-state index contributed by atoms with van der Waals surface area (Å²) in [6, 6.07) is 6.58. The van der Waals surface area contributed by atoms with Gasteiger partial charge in [-0.1, -0.05) is 6.07 Å². The zero-order valence-corrected chi connectivity index (χ0v) is 11.5. The van der Waals surface area contributed by atoms with Crippen molar-refractivity contribution in [3.8, 4) is 0 Å². The molecule has 2 aromatic rings. The predicted molar refractivity (Wildman–Crippen MR) is 76.6 cm³/mol. The minimum absolute atomic E-state index is 0.0486. The third-order valence-corrected chi connectivity index (χ3v) is 3.72. The van der Waals surface area contributed by atoms with Crippen LogP contribution >= 0.6 is 11.3 Å². The number of anilines is 1. The van der Waals surface area contributed by atoms with Crippen molar-refractivity contribution in [2.24, 2.45) is 7.05 Å². The Hall–Kier alpha value is -2.08. The summed E-state index contributed by atoms with van der Waals surface area (Å²) in [6.45, 7) is 1.92. The highest BCUT2D eigenvalue weighted by Crippen LogP contribution is 2.18. The first kappa shape index (κ1) is 13.4. The molecule has 0 fully saturated rings. The number of hydrogen-bond acceptors (Lipinski definition) is 3. The SMILES string of the molecule is C[C@@H](NC(=O)Nc1ccc(=O)n(C)c1)c1cccs1. The number of carbonyl (C=O) groups is 1. The Balaban J connectivity index is 1.97. The van der Waals surface area contributed by atoms with E-state index in [-0.39, 0.29) is 17.6 Å². The first-order valence-corrected chi connectivity index (χ1v) is 6.72. The minimum Gasteiger partial charge on any atom is -0.331 e. The molecule has 100 valence electrons. The fraction of sp³-hybridized carbons (Fsp3) is 0.231. The number of thiophene rings is 1. The molecule has 19 heavy (non-hydrogen) atoms. The maximum absolute atomic E-state index is 11.8. The van der Waals surface area contributed by atoms with Crippen LogP contribution in [0.5, 0.6) is 0 Å². The Labute approximate surface area is 114 Å². The van der Waals surface area contributed by atoms with E-state index in [0.29, 0.717) is 5.69 Å². The summed E-state index contributed by atoms with van der Waals surface area (Å²) in [5.74, 6) is 0. The summed E-state index contributed by atoms with van der Waals surface area (Å²) in [6.07, 6.45) is 1.58. The Bertz CT molecular complexity index is 619. The van der Waals surface area contributed by atoms with Crippen molar-refractivity contribution in [1.29, 1.82) is 0 Å². The summed E-state index contributed by atoms with van der Waals surface area (Å²) in [5.41, 5.74) is 0.468. The van der Waals surface area contributed by atoms with Crippen LogP contribution in [0.1, 0.15) is 17.8 Å². The van der Waals surface area contributed by atoms with Gasteiger partial charge in [-0.3, -0.25) is 4.79 Å². The van der Waals surface area contributed by atoms with Crippen LogP contribution in [0.3, 0.4) is 0 Å². The third kappa shape index (κ3) is 3.45. The van der Waals surface area contributed by atoms with Crippen LogP contribution in [0.2, 0.25) is 0 Å². The molecule has 6 heteroatoms. The summed E-state index contributed by atoms with van der Waals surface area (Å²) in [4.78, 5) is 24.1. The Morgan fingerprint density at radius 3 is 2.79 bits per heavy atom. The summed E-state index contributed by atoms with van der Waals surface area (Å²) >= 11 is 1.60. The molecule has 2 rings (SSSR count). The number of carbonyl (C=O) groups excluding carboxylic acids is 1. The van der Waals surface area contributed by atoms with Crippen molar-refractivity contribution in [3.63, 3.8) is 0 Å². The molecule has 5 nitrogen and oxygen atoms in total. The number of hydrogen-bond donors (Lipinski definition) is 2. The number of amides is 2. The maximum Gasteiger partial charge on any atom is 0.319 e. The van der Waals surface area contributed by atoms with Crippen molar-refractivity contribution < 1.29 is 4.79 Å². The number of pyridine rings is 1. The van der Waals surface area contributed by atoms with Crippen LogP contribution in [-0.2, 0) is 7.05 Å². The minimum atomic E-state index is -0.292. The van der Waals surface area contributed by atoms with Crippen LogP contribution in [0.4, 0.5) is 10.5 Å². The van der Waals surface area contributed by atoms with Gasteiger partial charge in [0.15, 0.2) is 0 Å². The van der Waals surface area contributed by atoms with E-state index in [4.69, 9.17) is 0 Å². The van der Waals surface area contributed by atoms with Crippen LogP contribution in [0, 0.1) is 0 Å². The highest BCUT2D eigenvalue weighted by molar-refractivity contribution is 7.10. The van der Waals surface area contributed by atoms with Crippen molar-refractivity contribution in [2.75, 3.05) is 5.32 Å². The maximum atomic E-state index is 11.8. The van der Waals surface area contributed by atoms with Gasteiger partial charge in [0.25, 0.3) is 0 Å². The van der Waals surface area contributed by atoms with E-state index in [2.05, 4.69) is 10.6 Å². The summed E-state index contributed by atoms with van der Waals surface area (Å²) in [7, 11) is 1.64. The number of nitrogens with zero attached hydrogens (tertiary/aromatic N) is 1. The number of rotatable bonds is 3. The van der Waals surface area contributed by atoms with Crippen molar-refractivity contribution >= 4 is 23.1 Å². The molecule has 0 aliphatic rings. The Morgan fingerprint density at radius 2 is 2.16 bits per heavy atom. The van der Waals surface area contributed by atoms with Crippen LogP contribution in [0.15, 0.2) is 40.6 Å². The molecule has 2 aromatic heterocycles. The van der Waals surface area contributed by atoms with Gasteiger partial charge in [-0.15, -0.1) is 11.3 Å². The van der Waals surface area contributed by atoms with E-state index in [1.807, 2.05) is 24.4 Å². The molecular formula is C13H15N3O2S. The van der Waals surface area contributed by atoms with Gasteiger partial charge in [-0.25, -0.2) is 4.79 Å². The normalized spacial score (nSPS) is 11.9. The molecule has 0 spiro atoms. The molecule has 0 unspecified atom stereocenters. The lowest BCUT2D eigenvalue weighted by molar-refractivity contribution is 0.249. The third-order valence-electron chi connectivity index (χ3n) is 2.66. The fourth-order valence-corrected chi connectivity index (χ4v) is 2.37. The van der Waals surface area contributed by atoms with Gasteiger partial charge in [0.2, 0.25) is 5.56 Å². The lowest BCUT2D eigenvalue weighted by Gasteiger charge is -2.13. The van der Waals surface area contributed by atoms with E-state index < -0.39 is 0 Å². The van der Waals surface area contributed by atoms with Gasteiger partial charge in [-0.2, -0.15) is 0 Å². The number of aromatic nitrogens is 1. The van der Waals surface area contributed by atoms with E-state index in [0.717, 1.165) is 4.88 Å². The standard InChI is InChI=1S/C13H15N3O2S/c1-9(11-4-3-7-19-11)14-13(18)15-10-5-6-12(17)16(2)8-10/h3-9H,1-2H3,(H2,14,15,18)/t9-/m1/s1. The van der Waals surface area contributed by atoms with E-state index in [9.17, 15) is 9.59 Å². The lowest BCUT2D eigenvalue weighted by Crippen LogP contribution is -2.31. The molecule has 0 aliphatic carbocycles. The molecule has 1 atom stereocenters. The number of nitrogens with one attached hydrogen (secondary N) is 2. The molecule has 0 aliphatic heterocycles. The second kappa shape index (κ2) is 5.71. The van der Waals surface area contributed by atoms with Crippen molar-refractivity contribution in [3.05, 3.63) is 51.1 Å². The van der Waals surface area contributed by atoms with E-state index in [1.54, 1.807) is 30.6 Å². The van der Waals surface area contributed by atoms with Gasteiger partial charge in [0, 0.05) is 24.2 Å². The Kier molecular flexibility index (Phi) is 4.01. The largest absolute Gasteiger partial charge is 0.331 e. The topological polar surface area (TPSA) is 63.1 Å². The monoisotopic (exact) mass is 277 g/mol. The molecule has 0 bridgehead atoms. The predicted octanol–water partition coefficient (Wildman–Crippen LogP) is 2.33. The molecule has 0 saturated heterocycles. The van der Waals surface area contributed by atoms with Crippen LogP contribution in [0.25, 0.3) is 0 Å². The van der Waals surface area contributed by atoms with Gasteiger partial charge in [-0.05, 0) is 24.4 Å². The van der Waals surface area contributed by atoms with Gasteiger partial charge < -0.3 is 15.2 Å². The molecule has 0 aromatic carbocycles. The fourth-order valence-electron chi connectivity index (χ4n) is 1.64. The molecule has 2 amide bonds. The van der Waals surface area contributed by atoms with Crippen LogP contribution in [-0.4, -0.2) is 10.6 Å². The zero-order chi connectivity index (χ0) is 13.8. The Morgan fingerprint density at radius 1 is 1.37 bits per heavy atom. The smallest absolute Gasteiger partial charge is 0.319 e. The first-order valence-electron chi connectivity index (χ1n) is 5.84.